The van der Waals surface area contributed by atoms with Crippen LogP contribution in [0.5, 0.6) is 5.75 Å². The molecule has 0 aliphatic heterocycles. The van der Waals surface area contributed by atoms with E-state index in [-0.39, 0.29) is 11.0 Å². The number of hydrogen-bond acceptors (Lipinski definition) is 5. The minimum absolute atomic E-state index is 0.225. The van der Waals surface area contributed by atoms with Crippen LogP contribution in [0.3, 0.4) is 0 Å². The number of amides is 1. The number of rotatable bonds is 5. The van der Waals surface area contributed by atoms with Crippen molar-refractivity contribution in [1.29, 1.82) is 0 Å². The van der Waals surface area contributed by atoms with E-state index in [0.29, 0.717) is 28.4 Å². The van der Waals surface area contributed by atoms with Crippen molar-refractivity contribution in [2.45, 2.75) is 34.2 Å². The molecular weight excluding hydrogens is 432 g/mol. The first-order valence-electron chi connectivity index (χ1n) is 10.9. The molecule has 8 heteroatoms. The van der Waals surface area contributed by atoms with Crippen molar-refractivity contribution in [3.8, 4) is 11.4 Å². The maximum absolute atomic E-state index is 13.7. The van der Waals surface area contributed by atoms with Crippen LogP contribution in [0.25, 0.3) is 16.7 Å². The van der Waals surface area contributed by atoms with Gasteiger partial charge in [0, 0.05) is 11.4 Å². The monoisotopic (exact) mass is 458 g/mol. The SMILES string of the molecule is COc1ccccc1-n1c(=O)n(CC(=O)Nc2cccc(C)c2C)c(=O)c2c(C)cc(C)nc21. The predicted octanol–water partition coefficient (Wildman–Crippen LogP) is 3.43. The summed E-state index contributed by atoms with van der Waals surface area (Å²) in [6.45, 7) is 6.99. The van der Waals surface area contributed by atoms with Gasteiger partial charge in [0.25, 0.3) is 5.56 Å². The number of carbonyl (C=O) groups excluding carboxylic acids is 1. The first-order valence-corrected chi connectivity index (χ1v) is 10.9. The van der Waals surface area contributed by atoms with Crippen LogP contribution < -0.4 is 21.3 Å². The molecule has 1 N–H and O–H groups in total. The summed E-state index contributed by atoms with van der Waals surface area (Å²) in [4.78, 5) is 44.5. The van der Waals surface area contributed by atoms with Crippen LogP contribution in [0.2, 0.25) is 0 Å². The van der Waals surface area contributed by atoms with Crippen LogP contribution in [0.1, 0.15) is 22.4 Å². The number of fused-ring (bicyclic) bond motifs is 1. The third-order valence-electron chi connectivity index (χ3n) is 5.93. The summed E-state index contributed by atoms with van der Waals surface area (Å²) in [5.41, 5.74) is 3.34. The molecule has 0 aliphatic carbocycles. The second-order valence-corrected chi connectivity index (χ2v) is 8.26. The molecule has 0 saturated carbocycles. The van der Waals surface area contributed by atoms with Crippen molar-refractivity contribution in [3.63, 3.8) is 0 Å². The highest BCUT2D eigenvalue weighted by Crippen LogP contribution is 2.24. The highest BCUT2D eigenvalue weighted by atomic mass is 16.5. The largest absolute Gasteiger partial charge is 0.495 e. The number of pyridine rings is 1. The molecule has 34 heavy (non-hydrogen) atoms. The lowest BCUT2D eigenvalue weighted by molar-refractivity contribution is -0.116. The molecule has 2 aromatic carbocycles. The number of benzene rings is 2. The molecule has 0 radical (unpaired) electrons. The van der Waals surface area contributed by atoms with Gasteiger partial charge in [-0.05, 0) is 68.7 Å². The first-order chi connectivity index (χ1) is 16.2. The number of para-hydroxylation sites is 2. The van der Waals surface area contributed by atoms with Crippen molar-refractivity contribution >= 4 is 22.6 Å². The van der Waals surface area contributed by atoms with Gasteiger partial charge >= 0.3 is 5.69 Å². The molecule has 0 spiro atoms. The third kappa shape index (κ3) is 3.98. The summed E-state index contributed by atoms with van der Waals surface area (Å²) in [5.74, 6) is -0.0338. The molecule has 0 bridgehead atoms. The van der Waals surface area contributed by atoms with E-state index in [4.69, 9.17) is 4.74 Å². The molecule has 1 amide bonds. The van der Waals surface area contributed by atoms with Gasteiger partial charge < -0.3 is 10.1 Å². The Morgan fingerprint density at radius 3 is 2.47 bits per heavy atom. The van der Waals surface area contributed by atoms with Crippen molar-refractivity contribution in [3.05, 3.63) is 91.8 Å². The topological polar surface area (TPSA) is 95.2 Å². The van der Waals surface area contributed by atoms with Crippen molar-refractivity contribution in [2.24, 2.45) is 0 Å². The van der Waals surface area contributed by atoms with Crippen LogP contribution in [0, 0.1) is 27.7 Å². The summed E-state index contributed by atoms with van der Waals surface area (Å²) in [5, 5.41) is 3.09. The summed E-state index contributed by atoms with van der Waals surface area (Å²) in [7, 11) is 1.50. The summed E-state index contributed by atoms with van der Waals surface area (Å²) in [6.07, 6.45) is 0. The molecule has 0 aliphatic rings. The van der Waals surface area contributed by atoms with Gasteiger partial charge in [0.15, 0.2) is 5.65 Å². The van der Waals surface area contributed by atoms with Crippen molar-refractivity contribution < 1.29 is 9.53 Å². The Morgan fingerprint density at radius 1 is 1.00 bits per heavy atom. The van der Waals surface area contributed by atoms with Crippen LogP contribution in [0.4, 0.5) is 5.69 Å². The zero-order chi connectivity index (χ0) is 24.6. The minimum Gasteiger partial charge on any atom is -0.495 e. The normalized spacial score (nSPS) is 11.0. The molecule has 174 valence electrons. The highest BCUT2D eigenvalue weighted by molar-refractivity contribution is 5.91. The third-order valence-corrected chi connectivity index (χ3v) is 5.93. The lowest BCUT2D eigenvalue weighted by Crippen LogP contribution is -2.42. The van der Waals surface area contributed by atoms with Crippen molar-refractivity contribution in [2.75, 3.05) is 12.4 Å². The average Bonchev–Trinajstić information content (AvgIpc) is 2.79. The zero-order valence-corrected chi connectivity index (χ0v) is 19.8. The Balaban J connectivity index is 1.93. The quantitative estimate of drug-likeness (QED) is 0.494. The van der Waals surface area contributed by atoms with E-state index in [0.717, 1.165) is 15.7 Å². The van der Waals surface area contributed by atoms with Gasteiger partial charge in [-0.25, -0.2) is 18.9 Å². The smallest absolute Gasteiger partial charge is 0.337 e. The van der Waals surface area contributed by atoms with Crippen LogP contribution >= 0.6 is 0 Å². The van der Waals surface area contributed by atoms with Gasteiger partial charge in [0.1, 0.15) is 12.3 Å². The van der Waals surface area contributed by atoms with Gasteiger partial charge in [0.2, 0.25) is 5.91 Å². The van der Waals surface area contributed by atoms with E-state index in [1.165, 1.54) is 11.7 Å². The maximum Gasteiger partial charge on any atom is 0.337 e. The van der Waals surface area contributed by atoms with Crippen LogP contribution in [0.15, 0.2) is 58.1 Å². The standard InChI is InChI=1S/C26H26N4O4/c1-15-9-8-10-19(18(15)4)28-22(31)14-29-25(32)23-16(2)13-17(3)27-24(23)30(26(29)33)20-11-6-7-12-21(20)34-5/h6-13H,14H2,1-5H3,(H,28,31). The van der Waals surface area contributed by atoms with Crippen LogP contribution in [-0.2, 0) is 11.3 Å². The van der Waals surface area contributed by atoms with Gasteiger partial charge in [0.05, 0.1) is 18.2 Å². The lowest BCUT2D eigenvalue weighted by Gasteiger charge is -2.17. The summed E-state index contributed by atoms with van der Waals surface area (Å²) >= 11 is 0. The zero-order valence-electron chi connectivity index (χ0n) is 19.8. The number of hydrogen-bond donors (Lipinski definition) is 1. The lowest BCUT2D eigenvalue weighted by atomic mass is 10.1. The van der Waals surface area contributed by atoms with E-state index in [1.807, 2.05) is 26.0 Å². The molecular formula is C26H26N4O4. The van der Waals surface area contributed by atoms with Gasteiger partial charge in [-0.1, -0.05) is 24.3 Å². The number of aryl methyl sites for hydroxylation is 3. The molecule has 0 atom stereocenters. The molecule has 4 rings (SSSR count). The summed E-state index contributed by atoms with van der Waals surface area (Å²) < 4.78 is 7.74. The molecule has 0 unspecified atom stereocenters. The second kappa shape index (κ2) is 8.97. The molecule has 8 nitrogen and oxygen atoms in total. The Hall–Kier alpha value is -4.20. The van der Waals surface area contributed by atoms with E-state index in [1.54, 1.807) is 50.2 Å². The van der Waals surface area contributed by atoms with Crippen molar-refractivity contribution in [1.82, 2.24) is 14.1 Å². The van der Waals surface area contributed by atoms with E-state index < -0.39 is 23.7 Å². The Bertz CT molecular complexity index is 1550. The van der Waals surface area contributed by atoms with Crippen LogP contribution in [-0.4, -0.2) is 27.1 Å². The number of nitrogens with one attached hydrogen (secondary N) is 1. The fraction of sp³-hybridized carbons (Fsp3) is 0.231. The summed E-state index contributed by atoms with van der Waals surface area (Å²) in [6, 6.07) is 14.3. The molecule has 0 saturated heterocycles. The fourth-order valence-corrected chi connectivity index (χ4v) is 4.07. The van der Waals surface area contributed by atoms with E-state index in [9.17, 15) is 14.4 Å². The van der Waals surface area contributed by atoms with E-state index in [2.05, 4.69) is 10.3 Å². The number of aromatic nitrogens is 3. The Morgan fingerprint density at radius 2 is 1.74 bits per heavy atom. The fourth-order valence-electron chi connectivity index (χ4n) is 4.07. The van der Waals surface area contributed by atoms with E-state index >= 15 is 0 Å². The Kier molecular flexibility index (Phi) is 6.06. The molecule has 2 aromatic heterocycles. The highest BCUT2D eigenvalue weighted by Gasteiger charge is 2.21. The number of carbonyl (C=O) groups is 1. The number of anilines is 1. The van der Waals surface area contributed by atoms with Gasteiger partial charge in [-0.15, -0.1) is 0 Å². The maximum atomic E-state index is 13.7. The molecule has 4 aromatic rings. The average molecular weight is 459 g/mol. The minimum atomic E-state index is -0.671. The molecule has 0 fully saturated rings. The predicted molar refractivity (Wildman–Crippen MR) is 132 cm³/mol. The number of methoxy groups -OCH3 is 1. The number of nitrogens with zero attached hydrogens (tertiary/aromatic N) is 3. The second-order valence-electron chi connectivity index (χ2n) is 8.26. The first kappa shape index (κ1) is 23.0. The Labute approximate surface area is 196 Å². The number of ether oxygens (including phenoxy) is 1. The van der Waals surface area contributed by atoms with Gasteiger partial charge in [-0.3, -0.25) is 9.59 Å². The van der Waals surface area contributed by atoms with Gasteiger partial charge in [-0.2, -0.15) is 0 Å². The molecule has 2 heterocycles.